The highest BCUT2D eigenvalue weighted by Crippen LogP contribution is 2.29. The molecule has 0 aliphatic rings. The summed E-state index contributed by atoms with van der Waals surface area (Å²) >= 11 is 17.6. The Morgan fingerprint density at radius 3 is 2.71 bits per heavy atom. The minimum atomic E-state index is 0.483. The molecule has 0 aliphatic heterocycles. The van der Waals surface area contributed by atoms with Crippen LogP contribution in [0.4, 0.5) is 0 Å². The standard InChI is InChI=1S/C16H10BrCl2NS/c1-9-13(18)4-2-10-8-11(16(19)20-15(9)10)3-5-14-12(17)6-7-21-14/h2-8H,1H3/b5-3+. The number of pyridine rings is 1. The first-order chi connectivity index (χ1) is 10.1. The van der Waals surface area contributed by atoms with Gasteiger partial charge in [0.05, 0.1) is 5.52 Å². The van der Waals surface area contributed by atoms with Crippen LogP contribution in [0, 0.1) is 6.92 Å². The van der Waals surface area contributed by atoms with E-state index >= 15 is 0 Å². The van der Waals surface area contributed by atoms with Gasteiger partial charge in [-0.05, 0) is 58.1 Å². The van der Waals surface area contributed by atoms with Crippen LogP contribution in [-0.2, 0) is 0 Å². The molecule has 0 atom stereocenters. The number of halogens is 3. The van der Waals surface area contributed by atoms with E-state index in [0.29, 0.717) is 10.2 Å². The first-order valence-electron chi connectivity index (χ1n) is 6.22. The molecule has 0 N–H and O–H groups in total. The van der Waals surface area contributed by atoms with Crippen LogP contribution in [0.25, 0.3) is 23.1 Å². The topological polar surface area (TPSA) is 12.9 Å². The Kier molecular flexibility index (Phi) is 4.36. The van der Waals surface area contributed by atoms with E-state index in [9.17, 15) is 0 Å². The first-order valence-corrected chi connectivity index (χ1v) is 8.65. The summed E-state index contributed by atoms with van der Waals surface area (Å²) in [4.78, 5) is 5.63. The van der Waals surface area contributed by atoms with Gasteiger partial charge in [-0.3, -0.25) is 0 Å². The predicted molar refractivity (Wildman–Crippen MR) is 97.4 cm³/mol. The minimum Gasteiger partial charge on any atom is -0.235 e. The average Bonchev–Trinajstić information content (AvgIpc) is 2.87. The Bertz CT molecular complexity index is 855. The van der Waals surface area contributed by atoms with Crippen molar-refractivity contribution < 1.29 is 0 Å². The molecule has 106 valence electrons. The number of rotatable bonds is 2. The third-order valence-electron chi connectivity index (χ3n) is 3.21. The molecule has 2 aromatic heterocycles. The number of benzene rings is 1. The summed E-state index contributed by atoms with van der Waals surface area (Å²) in [5.74, 6) is 0. The maximum absolute atomic E-state index is 6.29. The zero-order valence-electron chi connectivity index (χ0n) is 11.0. The quantitative estimate of drug-likeness (QED) is 0.430. The van der Waals surface area contributed by atoms with Gasteiger partial charge in [0.25, 0.3) is 0 Å². The summed E-state index contributed by atoms with van der Waals surface area (Å²) in [6.45, 7) is 1.95. The van der Waals surface area contributed by atoms with Gasteiger partial charge in [0.15, 0.2) is 0 Å². The lowest BCUT2D eigenvalue weighted by Crippen LogP contribution is -1.88. The number of hydrogen-bond donors (Lipinski definition) is 0. The molecule has 0 saturated heterocycles. The molecule has 0 radical (unpaired) electrons. The van der Waals surface area contributed by atoms with Crippen molar-refractivity contribution in [3.05, 3.63) is 60.3 Å². The summed E-state index contributed by atoms with van der Waals surface area (Å²) in [5, 5.41) is 4.26. The van der Waals surface area contributed by atoms with E-state index in [2.05, 4.69) is 20.9 Å². The van der Waals surface area contributed by atoms with E-state index in [1.807, 2.05) is 48.7 Å². The zero-order valence-corrected chi connectivity index (χ0v) is 14.9. The predicted octanol–water partition coefficient (Wildman–Crippen LogP) is 6.84. The van der Waals surface area contributed by atoms with Gasteiger partial charge in [-0.1, -0.05) is 35.3 Å². The number of fused-ring (bicyclic) bond motifs is 1. The maximum atomic E-state index is 6.29. The second-order valence-corrected chi connectivity index (χ2v) is 7.15. The molecule has 1 nitrogen and oxygen atoms in total. The monoisotopic (exact) mass is 397 g/mol. The second kappa shape index (κ2) is 6.09. The normalized spacial score (nSPS) is 11.6. The molecule has 0 amide bonds. The highest BCUT2D eigenvalue weighted by Gasteiger charge is 2.07. The van der Waals surface area contributed by atoms with Gasteiger partial charge in [-0.15, -0.1) is 11.3 Å². The molecule has 0 unspecified atom stereocenters. The average molecular weight is 399 g/mol. The van der Waals surface area contributed by atoms with Crippen LogP contribution >= 0.6 is 50.5 Å². The third-order valence-corrected chi connectivity index (χ3v) is 5.76. The summed E-state index contributed by atoms with van der Waals surface area (Å²) in [6.07, 6.45) is 4.02. The van der Waals surface area contributed by atoms with Crippen molar-refractivity contribution in [2.75, 3.05) is 0 Å². The van der Waals surface area contributed by atoms with Crippen LogP contribution in [0.1, 0.15) is 16.0 Å². The lowest BCUT2D eigenvalue weighted by atomic mass is 10.1. The number of thiophene rings is 1. The Hall–Kier alpha value is -0.870. The van der Waals surface area contributed by atoms with Crippen LogP contribution in [0.2, 0.25) is 10.2 Å². The van der Waals surface area contributed by atoms with Crippen molar-refractivity contribution in [3.8, 4) is 0 Å². The van der Waals surface area contributed by atoms with Crippen molar-refractivity contribution in [1.82, 2.24) is 4.98 Å². The van der Waals surface area contributed by atoms with Crippen molar-refractivity contribution in [1.29, 1.82) is 0 Å². The lowest BCUT2D eigenvalue weighted by molar-refractivity contribution is 1.36. The molecule has 5 heteroatoms. The minimum absolute atomic E-state index is 0.483. The highest BCUT2D eigenvalue weighted by atomic mass is 79.9. The summed E-state index contributed by atoms with van der Waals surface area (Å²) < 4.78 is 1.08. The zero-order chi connectivity index (χ0) is 15.0. The smallest absolute Gasteiger partial charge is 0.137 e. The fourth-order valence-electron chi connectivity index (χ4n) is 2.06. The van der Waals surface area contributed by atoms with E-state index in [-0.39, 0.29) is 0 Å². The number of aryl methyl sites for hydroxylation is 1. The number of nitrogens with zero attached hydrogens (tertiary/aromatic N) is 1. The number of hydrogen-bond acceptors (Lipinski definition) is 2. The molecular weight excluding hydrogens is 389 g/mol. The summed E-state index contributed by atoms with van der Waals surface area (Å²) in [6, 6.07) is 7.91. The largest absolute Gasteiger partial charge is 0.235 e. The van der Waals surface area contributed by atoms with Crippen LogP contribution in [0.15, 0.2) is 34.1 Å². The van der Waals surface area contributed by atoms with E-state index in [4.69, 9.17) is 23.2 Å². The van der Waals surface area contributed by atoms with Crippen LogP contribution in [-0.4, -0.2) is 4.98 Å². The third kappa shape index (κ3) is 3.02. The van der Waals surface area contributed by atoms with Crippen molar-refractivity contribution in [2.24, 2.45) is 0 Å². The highest BCUT2D eigenvalue weighted by molar-refractivity contribution is 9.10. The lowest BCUT2D eigenvalue weighted by Gasteiger charge is -2.06. The van der Waals surface area contributed by atoms with Crippen molar-refractivity contribution in [3.63, 3.8) is 0 Å². The summed E-state index contributed by atoms with van der Waals surface area (Å²) in [7, 11) is 0. The Balaban J connectivity index is 2.08. The molecule has 2 heterocycles. The van der Waals surface area contributed by atoms with E-state index in [1.165, 1.54) is 0 Å². The Labute approximate surface area is 145 Å². The molecule has 0 spiro atoms. The second-order valence-electron chi connectivity index (χ2n) is 4.58. The van der Waals surface area contributed by atoms with Gasteiger partial charge >= 0.3 is 0 Å². The molecule has 3 aromatic rings. The maximum Gasteiger partial charge on any atom is 0.137 e. The molecular formula is C16H10BrCl2NS. The van der Waals surface area contributed by atoms with Gasteiger partial charge in [-0.25, -0.2) is 4.98 Å². The molecule has 21 heavy (non-hydrogen) atoms. The molecule has 0 saturated carbocycles. The first kappa shape index (κ1) is 15.0. The molecule has 0 bridgehead atoms. The van der Waals surface area contributed by atoms with Crippen molar-refractivity contribution >= 4 is 73.5 Å². The van der Waals surface area contributed by atoms with Gasteiger partial charge in [0, 0.05) is 25.3 Å². The van der Waals surface area contributed by atoms with E-state index in [1.54, 1.807) is 11.3 Å². The van der Waals surface area contributed by atoms with E-state index in [0.717, 1.165) is 31.4 Å². The molecule has 1 aromatic carbocycles. The molecule has 3 rings (SSSR count). The SMILES string of the molecule is Cc1c(Cl)ccc2cc(/C=C/c3sccc3Br)c(Cl)nc12. The van der Waals surface area contributed by atoms with Crippen LogP contribution in [0.3, 0.4) is 0 Å². The Morgan fingerprint density at radius 2 is 2.00 bits per heavy atom. The molecule has 0 aliphatic carbocycles. The van der Waals surface area contributed by atoms with Gasteiger partial charge in [0.1, 0.15) is 5.15 Å². The van der Waals surface area contributed by atoms with Gasteiger partial charge < -0.3 is 0 Å². The fourth-order valence-corrected chi connectivity index (χ4v) is 3.81. The summed E-state index contributed by atoms with van der Waals surface area (Å²) in [5.41, 5.74) is 2.70. The van der Waals surface area contributed by atoms with Crippen LogP contribution in [0.5, 0.6) is 0 Å². The number of aromatic nitrogens is 1. The Morgan fingerprint density at radius 1 is 1.19 bits per heavy atom. The van der Waals surface area contributed by atoms with Crippen LogP contribution < -0.4 is 0 Å². The molecule has 0 fully saturated rings. The van der Waals surface area contributed by atoms with Gasteiger partial charge in [-0.2, -0.15) is 0 Å². The van der Waals surface area contributed by atoms with Gasteiger partial charge in [0.2, 0.25) is 0 Å². The van der Waals surface area contributed by atoms with E-state index < -0.39 is 0 Å². The fraction of sp³-hybridized carbons (Fsp3) is 0.0625. The van der Waals surface area contributed by atoms with Crippen molar-refractivity contribution in [2.45, 2.75) is 6.92 Å².